The summed E-state index contributed by atoms with van der Waals surface area (Å²) in [6.45, 7) is 7.37. The molecule has 0 aromatic carbocycles. The van der Waals surface area contributed by atoms with Gasteiger partial charge in [-0.1, -0.05) is 6.92 Å². The molecule has 12 heavy (non-hydrogen) atoms. The Kier molecular flexibility index (Phi) is 2.22. The second-order valence-electron chi connectivity index (χ2n) is 3.27. The molecule has 1 aliphatic rings. The molecular formula is C9H13O3. The number of carbonyl (C=O) groups is 2. The zero-order valence-electron chi connectivity index (χ0n) is 7.42. The summed E-state index contributed by atoms with van der Waals surface area (Å²) in [6, 6.07) is 0. The molecule has 3 nitrogen and oxygen atoms in total. The number of esters is 1. The van der Waals surface area contributed by atoms with Crippen LogP contribution in [0.3, 0.4) is 0 Å². The molecule has 0 aliphatic carbocycles. The SMILES string of the molecule is [CH2][C@H]1COC(=O)[C@]1(C)C(=O)CC. The molecule has 1 radical (unpaired) electrons. The first kappa shape index (κ1) is 9.23. The lowest BCUT2D eigenvalue weighted by molar-refractivity contribution is -0.150. The molecule has 1 saturated heterocycles. The van der Waals surface area contributed by atoms with Gasteiger partial charge >= 0.3 is 5.97 Å². The van der Waals surface area contributed by atoms with E-state index < -0.39 is 11.4 Å². The number of ether oxygens (including phenoxy) is 1. The molecule has 1 fully saturated rings. The molecule has 1 rings (SSSR count). The highest BCUT2D eigenvalue weighted by molar-refractivity contribution is 6.04. The maximum atomic E-state index is 11.4. The van der Waals surface area contributed by atoms with E-state index in [0.29, 0.717) is 6.42 Å². The van der Waals surface area contributed by atoms with E-state index in [0.717, 1.165) is 0 Å². The van der Waals surface area contributed by atoms with Gasteiger partial charge in [-0.3, -0.25) is 9.59 Å². The average molecular weight is 169 g/mol. The predicted octanol–water partition coefficient (Wildman–Crippen LogP) is 0.979. The van der Waals surface area contributed by atoms with E-state index >= 15 is 0 Å². The van der Waals surface area contributed by atoms with Crippen LogP contribution < -0.4 is 0 Å². The quantitative estimate of drug-likeness (QED) is 0.457. The Morgan fingerprint density at radius 1 is 1.83 bits per heavy atom. The lowest BCUT2D eigenvalue weighted by atomic mass is 9.76. The van der Waals surface area contributed by atoms with E-state index in [2.05, 4.69) is 6.92 Å². The maximum absolute atomic E-state index is 11.4. The Balaban J connectivity index is 2.94. The number of hydrogen-bond acceptors (Lipinski definition) is 3. The Morgan fingerprint density at radius 2 is 2.42 bits per heavy atom. The third-order valence-corrected chi connectivity index (χ3v) is 2.56. The van der Waals surface area contributed by atoms with Gasteiger partial charge in [0.2, 0.25) is 0 Å². The van der Waals surface area contributed by atoms with Crippen LogP contribution in [0.1, 0.15) is 20.3 Å². The minimum atomic E-state index is -0.991. The summed E-state index contributed by atoms with van der Waals surface area (Å²) in [6.07, 6.45) is 0.359. The van der Waals surface area contributed by atoms with E-state index in [4.69, 9.17) is 4.74 Å². The van der Waals surface area contributed by atoms with Crippen molar-refractivity contribution in [2.75, 3.05) is 6.61 Å². The molecule has 0 spiro atoms. The van der Waals surface area contributed by atoms with Gasteiger partial charge in [0.05, 0.1) is 6.61 Å². The van der Waals surface area contributed by atoms with Crippen molar-refractivity contribution in [1.82, 2.24) is 0 Å². The third kappa shape index (κ3) is 1.04. The highest BCUT2D eigenvalue weighted by Crippen LogP contribution is 2.36. The average Bonchev–Trinajstić information content (AvgIpc) is 2.32. The Bertz CT molecular complexity index is 222. The largest absolute Gasteiger partial charge is 0.465 e. The summed E-state index contributed by atoms with van der Waals surface area (Å²) in [7, 11) is 0. The normalized spacial score (nSPS) is 34.9. The number of carbonyl (C=O) groups excluding carboxylic acids is 2. The maximum Gasteiger partial charge on any atom is 0.319 e. The monoisotopic (exact) mass is 169 g/mol. The van der Waals surface area contributed by atoms with E-state index in [1.807, 2.05) is 0 Å². The van der Waals surface area contributed by atoms with Crippen molar-refractivity contribution in [2.24, 2.45) is 11.3 Å². The Morgan fingerprint density at radius 3 is 2.75 bits per heavy atom. The summed E-state index contributed by atoms with van der Waals surface area (Å²) in [4.78, 5) is 22.6. The fourth-order valence-corrected chi connectivity index (χ4v) is 1.37. The minimum Gasteiger partial charge on any atom is -0.465 e. The molecule has 1 heterocycles. The van der Waals surface area contributed by atoms with Crippen LogP contribution in [0, 0.1) is 18.3 Å². The van der Waals surface area contributed by atoms with Crippen LogP contribution in [0.5, 0.6) is 0 Å². The van der Waals surface area contributed by atoms with Crippen molar-refractivity contribution in [3.63, 3.8) is 0 Å². The number of hydrogen-bond donors (Lipinski definition) is 0. The summed E-state index contributed by atoms with van der Waals surface area (Å²) in [5.41, 5.74) is -0.991. The van der Waals surface area contributed by atoms with Crippen LogP contribution in [-0.4, -0.2) is 18.4 Å². The van der Waals surface area contributed by atoms with E-state index in [9.17, 15) is 9.59 Å². The van der Waals surface area contributed by atoms with Gasteiger partial charge in [0.1, 0.15) is 11.2 Å². The predicted molar refractivity (Wildman–Crippen MR) is 43.2 cm³/mol. The van der Waals surface area contributed by atoms with Crippen molar-refractivity contribution in [3.8, 4) is 0 Å². The van der Waals surface area contributed by atoms with Crippen LogP contribution in [0.2, 0.25) is 0 Å². The highest BCUT2D eigenvalue weighted by atomic mass is 16.5. The zero-order chi connectivity index (χ0) is 9.35. The lowest BCUT2D eigenvalue weighted by Crippen LogP contribution is -2.37. The number of rotatable bonds is 2. The summed E-state index contributed by atoms with van der Waals surface area (Å²) < 4.78 is 4.78. The summed E-state index contributed by atoms with van der Waals surface area (Å²) >= 11 is 0. The molecule has 0 aromatic rings. The molecule has 0 N–H and O–H groups in total. The van der Waals surface area contributed by atoms with Gasteiger partial charge in [0.15, 0.2) is 0 Å². The molecule has 0 unspecified atom stereocenters. The van der Waals surface area contributed by atoms with Crippen LogP contribution in [0.25, 0.3) is 0 Å². The summed E-state index contributed by atoms with van der Waals surface area (Å²) in [5, 5.41) is 0. The first-order valence-corrected chi connectivity index (χ1v) is 4.07. The van der Waals surface area contributed by atoms with Gasteiger partial charge in [0.25, 0.3) is 0 Å². The Labute approximate surface area is 72.1 Å². The second kappa shape index (κ2) is 2.88. The van der Waals surface area contributed by atoms with Crippen molar-refractivity contribution >= 4 is 11.8 Å². The molecular weight excluding hydrogens is 156 g/mol. The fraction of sp³-hybridized carbons (Fsp3) is 0.667. The van der Waals surface area contributed by atoms with Crippen LogP contribution in [0.4, 0.5) is 0 Å². The van der Waals surface area contributed by atoms with Crippen LogP contribution >= 0.6 is 0 Å². The van der Waals surface area contributed by atoms with Gasteiger partial charge < -0.3 is 4.74 Å². The molecule has 0 saturated carbocycles. The standard InChI is InChI=1S/C9H13O3/c1-4-7(10)9(3)6(2)5-12-8(9)11/h6H,2,4-5H2,1,3H3/t6-,9-/m0/s1. The lowest BCUT2D eigenvalue weighted by Gasteiger charge is -2.20. The van der Waals surface area contributed by atoms with Gasteiger partial charge in [0, 0.05) is 12.3 Å². The molecule has 2 atom stereocenters. The topological polar surface area (TPSA) is 43.4 Å². The number of ketones is 1. The van der Waals surface area contributed by atoms with Crippen LogP contribution in [0.15, 0.2) is 0 Å². The first-order valence-electron chi connectivity index (χ1n) is 4.07. The third-order valence-electron chi connectivity index (χ3n) is 2.56. The van der Waals surface area contributed by atoms with Crippen molar-refractivity contribution in [1.29, 1.82) is 0 Å². The zero-order valence-corrected chi connectivity index (χ0v) is 7.42. The van der Waals surface area contributed by atoms with E-state index in [-0.39, 0.29) is 18.3 Å². The number of cyclic esters (lactones) is 1. The molecule has 0 bridgehead atoms. The van der Waals surface area contributed by atoms with Crippen molar-refractivity contribution < 1.29 is 14.3 Å². The van der Waals surface area contributed by atoms with Crippen molar-refractivity contribution in [3.05, 3.63) is 6.92 Å². The smallest absolute Gasteiger partial charge is 0.319 e. The van der Waals surface area contributed by atoms with E-state index in [1.54, 1.807) is 13.8 Å². The molecule has 0 aromatic heterocycles. The van der Waals surface area contributed by atoms with Gasteiger partial charge in [-0.2, -0.15) is 0 Å². The van der Waals surface area contributed by atoms with Crippen molar-refractivity contribution in [2.45, 2.75) is 20.3 Å². The van der Waals surface area contributed by atoms with Crippen LogP contribution in [-0.2, 0) is 14.3 Å². The first-order chi connectivity index (χ1) is 5.53. The van der Waals surface area contributed by atoms with Gasteiger partial charge in [-0.05, 0) is 13.8 Å². The molecule has 67 valence electrons. The molecule has 0 amide bonds. The highest BCUT2D eigenvalue weighted by Gasteiger charge is 2.50. The van der Waals surface area contributed by atoms with Gasteiger partial charge in [-0.25, -0.2) is 0 Å². The molecule has 3 heteroatoms. The summed E-state index contributed by atoms with van der Waals surface area (Å²) in [5.74, 6) is -0.739. The Hall–Kier alpha value is -0.860. The van der Waals surface area contributed by atoms with E-state index in [1.165, 1.54) is 0 Å². The van der Waals surface area contributed by atoms with Gasteiger partial charge in [-0.15, -0.1) is 0 Å². The minimum absolute atomic E-state index is 0.0787. The molecule has 1 aliphatic heterocycles. The fourth-order valence-electron chi connectivity index (χ4n) is 1.37. The number of Topliss-reactive ketones (excluding diaryl/α,β-unsaturated/α-hetero) is 1. The second-order valence-corrected chi connectivity index (χ2v) is 3.27.